The third-order valence-corrected chi connectivity index (χ3v) is 4.94. The van der Waals surface area contributed by atoms with Gasteiger partial charge in [0.05, 0.1) is 19.1 Å². The van der Waals surface area contributed by atoms with E-state index in [0.717, 1.165) is 10.6 Å². The van der Waals surface area contributed by atoms with Gasteiger partial charge in [-0.3, -0.25) is 9.10 Å². The lowest BCUT2D eigenvalue weighted by atomic mass is 10.2. The molecule has 2 aromatic rings. The number of rotatable bonds is 7. The summed E-state index contributed by atoms with van der Waals surface area (Å²) in [5.74, 6) is 0.868. The summed E-state index contributed by atoms with van der Waals surface area (Å²) in [6.45, 7) is 1.63. The number of anilines is 2. The molecule has 7 nitrogen and oxygen atoms in total. The average molecular weight is 378 g/mol. The second kappa shape index (κ2) is 8.09. The predicted molar refractivity (Wildman–Crippen MR) is 101 cm³/mol. The van der Waals surface area contributed by atoms with Crippen LogP contribution in [0.4, 0.5) is 11.4 Å². The summed E-state index contributed by atoms with van der Waals surface area (Å²) in [6.07, 6.45) is 0.402. The third kappa shape index (κ3) is 5.13. The Balaban J connectivity index is 1.97. The first-order chi connectivity index (χ1) is 12.2. The first-order valence-corrected chi connectivity index (χ1v) is 9.71. The van der Waals surface area contributed by atoms with Crippen LogP contribution in [0.2, 0.25) is 0 Å². The molecule has 0 saturated carbocycles. The maximum atomic E-state index is 12.2. The van der Waals surface area contributed by atoms with Crippen LogP contribution in [-0.4, -0.2) is 40.8 Å². The zero-order valence-electron chi connectivity index (χ0n) is 15.1. The van der Waals surface area contributed by atoms with Crippen molar-refractivity contribution in [2.75, 3.05) is 30.0 Å². The van der Waals surface area contributed by atoms with E-state index in [-0.39, 0.29) is 5.91 Å². The summed E-state index contributed by atoms with van der Waals surface area (Å²) < 4.78 is 34.9. The van der Waals surface area contributed by atoms with E-state index in [2.05, 4.69) is 5.32 Å². The number of ether oxygens (including phenoxy) is 2. The standard InChI is InChI=1S/C18H22N2O5S/c1-13(18(21)19-14-5-9-16(24-3)10-6-14)25-17-11-7-15(8-12-17)20(2)26(4,22)23/h5-13H,1-4H3,(H,19,21)/t13-/m0/s1. The lowest BCUT2D eigenvalue weighted by molar-refractivity contribution is -0.122. The van der Waals surface area contributed by atoms with E-state index < -0.39 is 16.1 Å². The molecular weight excluding hydrogens is 356 g/mol. The zero-order valence-corrected chi connectivity index (χ0v) is 15.9. The number of nitrogens with one attached hydrogen (secondary N) is 1. The topological polar surface area (TPSA) is 84.9 Å². The van der Waals surface area contributed by atoms with Gasteiger partial charge >= 0.3 is 0 Å². The molecule has 0 unspecified atom stereocenters. The number of benzene rings is 2. The molecule has 1 N–H and O–H groups in total. The van der Waals surface area contributed by atoms with Crippen LogP contribution >= 0.6 is 0 Å². The Morgan fingerprint density at radius 1 is 1.04 bits per heavy atom. The van der Waals surface area contributed by atoms with Gasteiger partial charge in [-0.05, 0) is 55.5 Å². The molecule has 0 aliphatic rings. The van der Waals surface area contributed by atoms with Gasteiger partial charge in [-0.1, -0.05) is 0 Å². The number of hydrogen-bond donors (Lipinski definition) is 1. The number of sulfonamides is 1. The fourth-order valence-corrected chi connectivity index (χ4v) is 2.61. The predicted octanol–water partition coefficient (Wildman–Crippen LogP) is 2.50. The van der Waals surface area contributed by atoms with Gasteiger partial charge in [-0.15, -0.1) is 0 Å². The van der Waals surface area contributed by atoms with Crippen molar-refractivity contribution in [2.45, 2.75) is 13.0 Å². The van der Waals surface area contributed by atoms with Crippen LogP contribution in [0, 0.1) is 0 Å². The van der Waals surface area contributed by atoms with E-state index in [1.807, 2.05) is 0 Å². The van der Waals surface area contributed by atoms with Crippen molar-refractivity contribution in [2.24, 2.45) is 0 Å². The highest BCUT2D eigenvalue weighted by molar-refractivity contribution is 7.92. The van der Waals surface area contributed by atoms with Gasteiger partial charge < -0.3 is 14.8 Å². The summed E-state index contributed by atoms with van der Waals surface area (Å²) in [5.41, 5.74) is 1.14. The Labute approximate surface area is 153 Å². The van der Waals surface area contributed by atoms with Crippen molar-refractivity contribution in [1.29, 1.82) is 0 Å². The number of carbonyl (C=O) groups excluding carboxylic acids is 1. The maximum absolute atomic E-state index is 12.2. The number of carbonyl (C=O) groups is 1. The number of methoxy groups -OCH3 is 1. The highest BCUT2D eigenvalue weighted by Crippen LogP contribution is 2.21. The van der Waals surface area contributed by atoms with Gasteiger partial charge in [0.1, 0.15) is 11.5 Å². The third-order valence-electron chi connectivity index (χ3n) is 3.74. The van der Waals surface area contributed by atoms with Crippen LogP contribution in [0.25, 0.3) is 0 Å². The van der Waals surface area contributed by atoms with Crippen LogP contribution in [0.3, 0.4) is 0 Å². The molecular formula is C18H22N2O5S. The van der Waals surface area contributed by atoms with Crippen LogP contribution in [0.1, 0.15) is 6.92 Å². The molecule has 8 heteroatoms. The Kier molecular flexibility index (Phi) is 6.10. The molecule has 0 aromatic heterocycles. The van der Waals surface area contributed by atoms with Gasteiger partial charge in [-0.2, -0.15) is 0 Å². The molecule has 0 bridgehead atoms. The Hall–Kier alpha value is -2.74. The van der Waals surface area contributed by atoms with E-state index in [1.54, 1.807) is 62.6 Å². The smallest absolute Gasteiger partial charge is 0.265 e. The zero-order chi connectivity index (χ0) is 19.3. The van der Waals surface area contributed by atoms with Crippen molar-refractivity contribution in [3.05, 3.63) is 48.5 Å². The van der Waals surface area contributed by atoms with Gasteiger partial charge in [0.2, 0.25) is 10.0 Å². The van der Waals surface area contributed by atoms with Crippen molar-refractivity contribution < 1.29 is 22.7 Å². The van der Waals surface area contributed by atoms with E-state index in [4.69, 9.17) is 9.47 Å². The minimum atomic E-state index is -3.33. The van der Waals surface area contributed by atoms with Crippen LogP contribution in [-0.2, 0) is 14.8 Å². The van der Waals surface area contributed by atoms with Crippen molar-refractivity contribution >= 4 is 27.3 Å². The molecule has 2 rings (SSSR count). The van der Waals surface area contributed by atoms with Crippen molar-refractivity contribution in [1.82, 2.24) is 0 Å². The molecule has 1 atom stereocenters. The molecule has 0 aliphatic carbocycles. The fourth-order valence-electron chi connectivity index (χ4n) is 2.10. The highest BCUT2D eigenvalue weighted by atomic mass is 32.2. The van der Waals surface area contributed by atoms with Crippen LogP contribution in [0.15, 0.2) is 48.5 Å². The van der Waals surface area contributed by atoms with E-state index in [0.29, 0.717) is 22.9 Å². The van der Waals surface area contributed by atoms with Gasteiger partial charge in [0, 0.05) is 12.7 Å². The van der Waals surface area contributed by atoms with Crippen molar-refractivity contribution in [3.63, 3.8) is 0 Å². The van der Waals surface area contributed by atoms with Crippen LogP contribution in [0.5, 0.6) is 11.5 Å². The largest absolute Gasteiger partial charge is 0.497 e. The molecule has 1 amide bonds. The monoisotopic (exact) mass is 378 g/mol. The summed E-state index contributed by atoms with van der Waals surface area (Å²) in [6, 6.07) is 13.4. The maximum Gasteiger partial charge on any atom is 0.265 e. The van der Waals surface area contributed by atoms with E-state index in [1.165, 1.54) is 7.05 Å². The molecule has 26 heavy (non-hydrogen) atoms. The first kappa shape index (κ1) is 19.6. The van der Waals surface area contributed by atoms with Gasteiger partial charge in [0.25, 0.3) is 5.91 Å². The molecule has 0 aliphatic heterocycles. The van der Waals surface area contributed by atoms with Gasteiger partial charge in [-0.25, -0.2) is 8.42 Å². The van der Waals surface area contributed by atoms with E-state index >= 15 is 0 Å². The molecule has 0 fully saturated rings. The molecule has 0 saturated heterocycles. The lowest BCUT2D eigenvalue weighted by Crippen LogP contribution is -2.30. The quantitative estimate of drug-likeness (QED) is 0.800. The Morgan fingerprint density at radius 2 is 1.58 bits per heavy atom. The molecule has 0 spiro atoms. The van der Waals surface area contributed by atoms with Crippen LogP contribution < -0.4 is 19.1 Å². The van der Waals surface area contributed by atoms with E-state index in [9.17, 15) is 13.2 Å². The highest BCUT2D eigenvalue weighted by Gasteiger charge is 2.16. The fraction of sp³-hybridized carbons (Fsp3) is 0.278. The second-order valence-electron chi connectivity index (χ2n) is 5.70. The summed E-state index contributed by atoms with van der Waals surface area (Å²) >= 11 is 0. The molecule has 0 heterocycles. The first-order valence-electron chi connectivity index (χ1n) is 7.86. The molecule has 140 valence electrons. The SMILES string of the molecule is COc1ccc(NC(=O)[C@H](C)Oc2ccc(N(C)S(C)(=O)=O)cc2)cc1. The minimum absolute atomic E-state index is 0.299. The Bertz CT molecular complexity index is 848. The number of hydrogen-bond acceptors (Lipinski definition) is 5. The van der Waals surface area contributed by atoms with Gasteiger partial charge in [0.15, 0.2) is 6.10 Å². The normalized spacial score (nSPS) is 12.2. The summed E-state index contributed by atoms with van der Waals surface area (Å²) in [5, 5.41) is 2.76. The number of amides is 1. The lowest BCUT2D eigenvalue weighted by Gasteiger charge is -2.18. The Morgan fingerprint density at radius 3 is 2.08 bits per heavy atom. The molecule has 0 radical (unpaired) electrons. The minimum Gasteiger partial charge on any atom is -0.497 e. The summed E-state index contributed by atoms with van der Waals surface area (Å²) in [4.78, 5) is 12.2. The summed E-state index contributed by atoms with van der Waals surface area (Å²) in [7, 11) is -0.285. The second-order valence-corrected chi connectivity index (χ2v) is 7.72. The van der Waals surface area contributed by atoms with Crippen molar-refractivity contribution in [3.8, 4) is 11.5 Å². The average Bonchev–Trinajstić information content (AvgIpc) is 2.61. The number of nitrogens with zero attached hydrogens (tertiary/aromatic N) is 1. The molecule has 2 aromatic carbocycles.